The number of nitrogens with zero attached hydrogens (tertiary/aromatic N) is 1. The molecule has 1 saturated heterocycles. The van der Waals surface area contributed by atoms with Gasteiger partial charge in [-0.2, -0.15) is 0 Å². The third kappa shape index (κ3) is 7.41. The van der Waals surface area contributed by atoms with Crippen molar-refractivity contribution in [3.05, 3.63) is 35.4 Å². The van der Waals surface area contributed by atoms with Crippen LogP contribution < -0.4 is 10.6 Å². The van der Waals surface area contributed by atoms with Gasteiger partial charge in [0.2, 0.25) is 5.91 Å². The zero-order valence-electron chi connectivity index (χ0n) is 24.3. The van der Waals surface area contributed by atoms with Crippen LogP contribution in [-0.2, 0) is 32.3 Å². The lowest BCUT2D eigenvalue weighted by Gasteiger charge is -2.37. The minimum absolute atomic E-state index is 0.150. The number of hydrogen-bond acceptors (Lipinski definition) is 5. The van der Waals surface area contributed by atoms with E-state index in [1.165, 1.54) is 0 Å². The second-order valence-corrected chi connectivity index (χ2v) is 15.1. The summed E-state index contributed by atoms with van der Waals surface area (Å²) < 4.78 is 25.6. The monoisotopic (exact) mass is 561 g/mol. The van der Waals surface area contributed by atoms with E-state index in [1.807, 2.05) is 31.2 Å². The molecule has 1 aromatic rings. The summed E-state index contributed by atoms with van der Waals surface area (Å²) in [6, 6.07) is 6.22. The molecule has 1 aliphatic carbocycles. The van der Waals surface area contributed by atoms with Crippen LogP contribution in [0.3, 0.4) is 0 Å². The van der Waals surface area contributed by atoms with Crippen molar-refractivity contribution in [3.8, 4) is 0 Å². The Morgan fingerprint density at radius 1 is 1.10 bits per heavy atom. The summed E-state index contributed by atoms with van der Waals surface area (Å²) in [5.74, 6) is -0.555. The Morgan fingerprint density at radius 2 is 1.74 bits per heavy atom. The summed E-state index contributed by atoms with van der Waals surface area (Å²) in [6.45, 7) is 9.52. The molecule has 0 spiro atoms. The molecule has 0 aromatic heterocycles. The van der Waals surface area contributed by atoms with Gasteiger partial charge in [-0.1, -0.05) is 57.4 Å². The van der Waals surface area contributed by atoms with E-state index in [0.29, 0.717) is 38.6 Å². The lowest BCUT2D eigenvalue weighted by Crippen LogP contribution is -2.61. The van der Waals surface area contributed by atoms with Gasteiger partial charge in [-0.15, -0.1) is 0 Å². The van der Waals surface area contributed by atoms with Gasteiger partial charge < -0.3 is 20.3 Å². The van der Waals surface area contributed by atoms with Gasteiger partial charge >= 0.3 is 6.03 Å². The molecule has 39 heavy (non-hydrogen) atoms. The van der Waals surface area contributed by atoms with Gasteiger partial charge in [-0.25, -0.2) is 13.2 Å². The fourth-order valence-electron chi connectivity index (χ4n) is 5.85. The average Bonchev–Trinajstić information content (AvgIpc) is 3.53. The Balaban J connectivity index is 1.87. The summed E-state index contributed by atoms with van der Waals surface area (Å²) >= 11 is 0. The fourth-order valence-corrected chi connectivity index (χ4v) is 7.43. The summed E-state index contributed by atoms with van der Waals surface area (Å²) in [5, 5.41) is 6.01. The average molecular weight is 562 g/mol. The molecule has 2 unspecified atom stereocenters. The van der Waals surface area contributed by atoms with Gasteiger partial charge in [0.25, 0.3) is 0 Å². The van der Waals surface area contributed by atoms with Crippen LogP contribution >= 0.6 is 0 Å². The highest BCUT2D eigenvalue weighted by Gasteiger charge is 2.43. The largest absolute Gasteiger partial charge is 0.332 e. The summed E-state index contributed by atoms with van der Waals surface area (Å²) in [4.78, 5) is 40.7. The predicted molar refractivity (Wildman–Crippen MR) is 154 cm³/mol. The van der Waals surface area contributed by atoms with Crippen LogP contribution in [0.4, 0.5) is 4.79 Å². The number of sulfone groups is 1. The molecule has 8 nitrogen and oxygen atoms in total. The molecule has 3 amide bonds. The minimum atomic E-state index is -3.53. The topological polar surface area (TPSA) is 113 Å². The van der Waals surface area contributed by atoms with Crippen molar-refractivity contribution in [1.82, 2.24) is 15.5 Å². The second kappa shape index (κ2) is 12.8. The van der Waals surface area contributed by atoms with Crippen molar-refractivity contribution in [3.63, 3.8) is 0 Å². The van der Waals surface area contributed by atoms with Gasteiger partial charge in [-0.3, -0.25) is 4.79 Å². The molecule has 1 fully saturated rings. The maximum absolute atomic E-state index is 13.8. The number of benzene rings is 1. The second-order valence-electron chi connectivity index (χ2n) is 12.4. The third-order valence-corrected chi connectivity index (χ3v) is 11.4. The van der Waals surface area contributed by atoms with E-state index in [4.69, 9.17) is 0 Å². The van der Waals surface area contributed by atoms with E-state index in [0.717, 1.165) is 43.1 Å². The first-order chi connectivity index (χ1) is 18.4. The summed E-state index contributed by atoms with van der Waals surface area (Å²) in [6.07, 6.45) is 7.19. The first-order valence-electron chi connectivity index (χ1n) is 14.5. The summed E-state index contributed by atoms with van der Waals surface area (Å²) in [7, 11) is -3.53. The standard InChI is InChI=1S/C30H47N3O5S/c1-6-8-11-16-30(7-2,21-39(37,38)29(3,4)5)32-28(36)31-26(27(35)33-17-12-15-25(33)20-34)24-18-22-13-9-10-14-23(22)19-24/h9-10,13-14,20,24-26H,6-8,11-12,15-19,21H2,1-5H3,(H2,31,32,36)/t25-,26?,30?/m0/s1. The number of carbonyl (C=O) groups excluding carboxylic acids is 3. The number of amides is 3. The molecule has 0 bridgehead atoms. The molecule has 0 saturated carbocycles. The van der Waals surface area contributed by atoms with Crippen LogP contribution in [0.5, 0.6) is 0 Å². The smallest absolute Gasteiger partial charge is 0.315 e. The molecular formula is C30H47N3O5S. The van der Waals surface area contributed by atoms with Gasteiger partial charge in [0.05, 0.1) is 22.1 Å². The van der Waals surface area contributed by atoms with Crippen molar-refractivity contribution in [2.75, 3.05) is 12.3 Å². The number of unbranched alkanes of at least 4 members (excludes halogenated alkanes) is 2. The first kappa shape index (κ1) is 31.1. The Labute approximate surface area is 234 Å². The Kier molecular flexibility index (Phi) is 10.2. The fraction of sp³-hybridized carbons (Fsp3) is 0.700. The van der Waals surface area contributed by atoms with E-state index in [-0.39, 0.29) is 17.6 Å². The highest BCUT2D eigenvalue weighted by molar-refractivity contribution is 7.92. The van der Waals surface area contributed by atoms with Crippen molar-refractivity contribution in [2.45, 2.75) is 115 Å². The maximum Gasteiger partial charge on any atom is 0.315 e. The van der Waals surface area contributed by atoms with Gasteiger partial charge in [0.1, 0.15) is 12.3 Å². The normalized spacial score (nSPS) is 20.2. The Bertz CT molecular complexity index is 1100. The van der Waals surface area contributed by atoms with Crippen LogP contribution in [0, 0.1) is 5.92 Å². The van der Waals surface area contributed by atoms with Crippen molar-refractivity contribution in [2.24, 2.45) is 5.92 Å². The lowest BCUT2D eigenvalue weighted by molar-refractivity contribution is -0.137. The number of nitrogens with one attached hydrogen (secondary N) is 2. The maximum atomic E-state index is 13.8. The highest BCUT2D eigenvalue weighted by atomic mass is 32.2. The van der Waals surface area contributed by atoms with Gasteiger partial charge in [0, 0.05) is 6.54 Å². The Morgan fingerprint density at radius 3 is 2.28 bits per heavy atom. The number of rotatable bonds is 12. The Hall–Kier alpha value is -2.42. The van der Waals surface area contributed by atoms with Crippen LogP contribution in [0.15, 0.2) is 24.3 Å². The van der Waals surface area contributed by atoms with Crippen molar-refractivity contribution >= 4 is 28.1 Å². The highest BCUT2D eigenvalue weighted by Crippen LogP contribution is 2.31. The first-order valence-corrected chi connectivity index (χ1v) is 16.1. The van der Waals surface area contributed by atoms with Crippen LogP contribution in [0.25, 0.3) is 0 Å². The lowest BCUT2D eigenvalue weighted by atomic mass is 9.91. The minimum Gasteiger partial charge on any atom is -0.332 e. The van der Waals surface area contributed by atoms with Crippen molar-refractivity contribution in [1.29, 1.82) is 0 Å². The molecular weight excluding hydrogens is 514 g/mol. The quantitative estimate of drug-likeness (QED) is 0.293. The predicted octanol–water partition coefficient (Wildman–Crippen LogP) is 4.20. The number of urea groups is 1. The third-order valence-electron chi connectivity index (χ3n) is 8.56. The molecule has 3 atom stereocenters. The molecule has 2 aliphatic rings. The molecule has 9 heteroatoms. The molecule has 218 valence electrons. The van der Waals surface area contributed by atoms with Crippen molar-refractivity contribution < 1.29 is 22.8 Å². The molecule has 1 aromatic carbocycles. The number of carbonyl (C=O) groups is 3. The molecule has 3 rings (SSSR count). The number of fused-ring (bicyclic) bond motifs is 1. The van der Waals surface area contributed by atoms with E-state index >= 15 is 0 Å². The summed E-state index contributed by atoms with van der Waals surface area (Å²) in [5.41, 5.74) is 1.38. The van der Waals surface area contributed by atoms with Crippen LogP contribution in [0.1, 0.15) is 90.7 Å². The zero-order chi connectivity index (χ0) is 28.8. The van der Waals surface area contributed by atoms with E-state index in [2.05, 4.69) is 17.6 Å². The van der Waals surface area contributed by atoms with Gasteiger partial charge in [-0.05, 0) is 76.3 Å². The molecule has 0 radical (unpaired) electrons. The van der Waals surface area contributed by atoms with E-state index in [9.17, 15) is 22.8 Å². The van der Waals surface area contributed by atoms with E-state index < -0.39 is 38.2 Å². The SMILES string of the molecule is CCCCCC(CC)(CS(=O)(=O)C(C)(C)C)NC(=O)NC(C(=O)N1CCC[C@H]1C=O)C1Cc2ccccc2C1. The number of likely N-dealkylation sites (tertiary alicyclic amines) is 1. The molecule has 1 heterocycles. The van der Waals surface area contributed by atoms with Crippen LogP contribution in [-0.4, -0.2) is 66.2 Å². The molecule has 2 N–H and O–H groups in total. The van der Waals surface area contributed by atoms with E-state index in [1.54, 1.807) is 25.7 Å². The number of aldehydes is 1. The van der Waals surface area contributed by atoms with Crippen LogP contribution in [0.2, 0.25) is 0 Å². The van der Waals surface area contributed by atoms with Gasteiger partial charge in [0.15, 0.2) is 9.84 Å². The number of hydrogen-bond donors (Lipinski definition) is 2. The molecule has 1 aliphatic heterocycles. The zero-order valence-corrected chi connectivity index (χ0v) is 25.1.